The van der Waals surface area contributed by atoms with Crippen molar-refractivity contribution in [2.45, 2.75) is 52.1 Å². The number of hydrogen-bond donors (Lipinski definition) is 1. The number of rotatable bonds is 6. The highest BCUT2D eigenvalue weighted by Gasteiger charge is 2.25. The molecule has 0 radical (unpaired) electrons. The summed E-state index contributed by atoms with van der Waals surface area (Å²) in [5.74, 6) is 3.14. The van der Waals surface area contributed by atoms with Crippen molar-refractivity contribution in [2.75, 3.05) is 18.4 Å². The highest BCUT2D eigenvalue weighted by molar-refractivity contribution is 5.65. The smallest absolute Gasteiger partial charge is 0.223 e. The molecule has 4 heterocycles. The van der Waals surface area contributed by atoms with E-state index >= 15 is 0 Å². The summed E-state index contributed by atoms with van der Waals surface area (Å²) in [5.41, 5.74) is 3.30. The van der Waals surface area contributed by atoms with Gasteiger partial charge < -0.3 is 9.73 Å². The van der Waals surface area contributed by atoms with E-state index in [1.807, 2.05) is 31.5 Å². The summed E-state index contributed by atoms with van der Waals surface area (Å²) in [7, 11) is 0. The van der Waals surface area contributed by atoms with Gasteiger partial charge >= 0.3 is 0 Å². The third-order valence-electron chi connectivity index (χ3n) is 5.36. The standard InChI is InChI=1S/C23H29N5O/c1-16(2)26-23-25-14-21(19-5-4-10-24-13-19)22(27-23)18-8-11-28(12-9-18)15-20-7-6-17(3)29-20/h4-7,10,13-14,16,18H,8-9,11-12,15H2,1-3H3,(H,25,26,27). The van der Waals surface area contributed by atoms with Crippen LogP contribution in [-0.4, -0.2) is 39.0 Å². The predicted molar refractivity (Wildman–Crippen MR) is 115 cm³/mol. The molecule has 1 aliphatic rings. The van der Waals surface area contributed by atoms with E-state index in [0.29, 0.717) is 17.9 Å². The van der Waals surface area contributed by atoms with Gasteiger partial charge in [-0.05, 0) is 64.9 Å². The molecule has 1 N–H and O–H groups in total. The first kappa shape index (κ1) is 19.6. The topological polar surface area (TPSA) is 67.1 Å². The molecule has 3 aromatic rings. The van der Waals surface area contributed by atoms with E-state index in [2.05, 4.69) is 46.2 Å². The molecule has 1 saturated heterocycles. The van der Waals surface area contributed by atoms with Crippen molar-refractivity contribution in [3.05, 3.63) is 60.1 Å². The molecule has 0 amide bonds. The van der Waals surface area contributed by atoms with Crippen LogP contribution >= 0.6 is 0 Å². The van der Waals surface area contributed by atoms with Crippen LogP contribution in [0.15, 0.2) is 47.3 Å². The van der Waals surface area contributed by atoms with Crippen molar-refractivity contribution in [2.24, 2.45) is 0 Å². The van der Waals surface area contributed by atoms with Gasteiger partial charge in [0.1, 0.15) is 11.5 Å². The number of piperidine rings is 1. The molecular weight excluding hydrogens is 362 g/mol. The second-order valence-electron chi connectivity index (χ2n) is 8.10. The highest BCUT2D eigenvalue weighted by atomic mass is 16.3. The van der Waals surface area contributed by atoms with E-state index in [0.717, 1.165) is 60.8 Å². The number of nitrogens with zero attached hydrogens (tertiary/aromatic N) is 4. The second kappa shape index (κ2) is 8.74. The molecule has 0 aromatic carbocycles. The molecule has 0 saturated carbocycles. The van der Waals surface area contributed by atoms with Gasteiger partial charge in [-0.1, -0.05) is 6.07 Å². The van der Waals surface area contributed by atoms with Crippen LogP contribution in [0.1, 0.15) is 49.8 Å². The summed E-state index contributed by atoms with van der Waals surface area (Å²) in [6.45, 7) is 9.15. The summed E-state index contributed by atoms with van der Waals surface area (Å²) in [5, 5.41) is 3.35. The van der Waals surface area contributed by atoms with Crippen LogP contribution < -0.4 is 5.32 Å². The van der Waals surface area contributed by atoms with Crippen molar-refractivity contribution in [3.63, 3.8) is 0 Å². The van der Waals surface area contributed by atoms with E-state index in [1.54, 1.807) is 6.20 Å². The number of hydrogen-bond acceptors (Lipinski definition) is 6. The van der Waals surface area contributed by atoms with Crippen LogP contribution in [0.4, 0.5) is 5.95 Å². The Morgan fingerprint density at radius 2 is 2.00 bits per heavy atom. The van der Waals surface area contributed by atoms with Crippen LogP contribution in [0.3, 0.4) is 0 Å². The first-order chi connectivity index (χ1) is 14.1. The van der Waals surface area contributed by atoms with Gasteiger partial charge in [0.15, 0.2) is 0 Å². The molecule has 1 aliphatic heterocycles. The molecule has 1 fully saturated rings. The largest absolute Gasteiger partial charge is 0.465 e. The minimum Gasteiger partial charge on any atom is -0.465 e. The molecule has 6 nitrogen and oxygen atoms in total. The molecule has 0 aliphatic carbocycles. The zero-order valence-electron chi connectivity index (χ0n) is 17.4. The fourth-order valence-electron chi connectivity index (χ4n) is 3.93. The zero-order chi connectivity index (χ0) is 20.2. The Morgan fingerprint density at radius 1 is 1.17 bits per heavy atom. The third kappa shape index (κ3) is 4.82. The molecule has 6 heteroatoms. The summed E-state index contributed by atoms with van der Waals surface area (Å²) in [4.78, 5) is 16.2. The number of aromatic nitrogens is 3. The molecule has 0 spiro atoms. The van der Waals surface area contributed by atoms with Gasteiger partial charge in [0, 0.05) is 41.7 Å². The van der Waals surface area contributed by atoms with Crippen LogP contribution in [0, 0.1) is 6.92 Å². The molecule has 152 valence electrons. The Balaban J connectivity index is 1.53. The Kier molecular flexibility index (Phi) is 5.90. The van der Waals surface area contributed by atoms with E-state index in [9.17, 15) is 0 Å². The van der Waals surface area contributed by atoms with Gasteiger partial charge in [-0.15, -0.1) is 0 Å². The van der Waals surface area contributed by atoms with E-state index < -0.39 is 0 Å². The quantitative estimate of drug-likeness (QED) is 0.660. The fraction of sp³-hybridized carbons (Fsp3) is 0.435. The maximum Gasteiger partial charge on any atom is 0.223 e. The summed E-state index contributed by atoms with van der Waals surface area (Å²) < 4.78 is 5.75. The predicted octanol–water partition coefficient (Wildman–Crippen LogP) is 4.64. The van der Waals surface area contributed by atoms with E-state index in [-0.39, 0.29) is 0 Å². The fourth-order valence-corrected chi connectivity index (χ4v) is 3.93. The number of furan rings is 1. The SMILES string of the molecule is Cc1ccc(CN2CCC(c3nc(NC(C)C)ncc3-c3cccnc3)CC2)o1. The van der Waals surface area contributed by atoms with Crippen LogP contribution in [0.2, 0.25) is 0 Å². The Hall–Kier alpha value is -2.73. The molecule has 0 unspecified atom stereocenters. The molecule has 4 rings (SSSR count). The summed E-state index contributed by atoms with van der Waals surface area (Å²) in [6.07, 6.45) is 7.79. The number of likely N-dealkylation sites (tertiary alicyclic amines) is 1. The van der Waals surface area contributed by atoms with E-state index in [1.165, 1.54) is 0 Å². The monoisotopic (exact) mass is 391 g/mol. The zero-order valence-corrected chi connectivity index (χ0v) is 17.4. The average Bonchev–Trinajstić information content (AvgIpc) is 3.13. The Bertz CT molecular complexity index is 929. The number of aryl methyl sites for hydroxylation is 1. The number of pyridine rings is 1. The van der Waals surface area contributed by atoms with Gasteiger partial charge in [-0.2, -0.15) is 0 Å². The summed E-state index contributed by atoms with van der Waals surface area (Å²) >= 11 is 0. The summed E-state index contributed by atoms with van der Waals surface area (Å²) in [6, 6.07) is 8.46. The second-order valence-corrected chi connectivity index (χ2v) is 8.10. The lowest BCUT2D eigenvalue weighted by Crippen LogP contribution is -2.32. The molecular formula is C23H29N5O. The maximum absolute atomic E-state index is 5.75. The van der Waals surface area contributed by atoms with Crippen LogP contribution in [0.25, 0.3) is 11.1 Å². The Labute approximate surface area is 172 Å². The van der Waals surface area contributed by atoms with Crippen molar-refractivity contribution in [1.29, 1.82) is 0 Å². The third-order valence-corrected chi connectivity index (χ3v) is 5.36. The van der Waals surface area contributed by atoms with Gasteiger partial charge in [-0.25, -0.2) is 9.97 Å². The van der Waals surface area contributed by atoms with E-state index in [4.69, 9.17) is 9.40 Å². The van der Waals surface area contributed by atoms with Gasteiger partial charge in [-0.3, -0.25) is 9.88 Å². The molecule has 0 bridgehead atoms. The number of anilines is 1. The van der Waals surface area contributed by atoms with Crippen LogP contribution in [0.5, 0.6) is 0 Å². The van der Waals surface area contributed by atoms with Gasteiger partial charge in [0.25, 0.3) is 0 Å². The molecule has 29 heavy (non-hydrogen) atoms. The normalized spacial score (nSPS) is 15.7. The lowest BCUT2D eigenvalue weighted by Gasteiger charge is -2.32. The molecule has 0 atom stereocenters. The minimum atomic E-state index is 0.297. The minimum absolute atomic E-state index is 0.297. The van der Waals surface area contributed by atoms with Gasteiger partial charge in [0.05, 0.1) is 12.2 Å². The first-order valence-corrected chi connectivity index (χ1v) is 10.4. The number of nitrogens with one attached hydrogen (secondary N) is 1. The van der Waals surface area contributed by atoms with Crippen LogP contribution in [-0.2, 0) is 6.54 Å². The van der Waals surface area contributed by atoms with Crippen molar-refractivity contribution in [3.8, 4) is 11.1 Å². The lowest BCUT2D eigenvalue weighted by atomic mass is 9.89. The Morgan fingerprint density at radius 3 is 2.66 bits per heavy atom. The van der Waals surface area contributed by atoms with Crippen molar-refractivity contribution >= 4 is 5.95 Å². The highest BCUT2D eigenvalue weighted by Crippen LogP contribution is 2.34. The van der Waals surface area contributed by atoms with Crippen molar-refractivity contribution < 1.29 is 4.42 Å². The van der Waals surface area contributed by atoms with Gasteiger partial charge in [0.2, 0.25) is 5.95 Å². The van der Waals surface area contributed by atoms with Crippen molar-refractivity contribution in [1.82, 2.24) is 19.9 Å². The molecule has 3 aromatic heterocycles. The first-order valence-electron chi connectivity index (χ1n) is 10.4. The maximum atomic E-state index is 5.75. The average molecular weight is 392 g/mol. The lowest BCUT2D eigenvalue weighted by molar-refractivity contribution is 0.189.